The minimum absolute atomic E-state index is 0.0623. The van der Waals surface area contributed by atoms with Crippen LogP contribution in [0.4, 0.5) is 0 Å². The number of amides is 1. The molecule has 3 aromatic rings. The highest BCUT2D eigenvalue weighted by atomic mass is 16.4. The Balaban J connectivity index is 1.83. The zero-order valence-corrected chi connectivity index (χ0v) is 15.6. The van der Waals surface area contributed by atoms with Gasteiger partial charge in [0.2, 0.25) is 5.91 Å². The molecule has 9 heteroatoms. The second-order valence-corrected chi connectivity index (χ2v) is 6.57. The van der Waals surface area contributed by atoms with Gasteiger partial charge in [-0.1, -0.05) is 18.2 Å². The molecular formula is C19H21N5O4. The number of carbonyl (C=O) groups is 2. The lowest BCUT2D eigenvalue weighted by atomic mass is 9.99. The standard InChI is InChI=1S/C19H21N5O4/c1-10-6-13(9-25)14-5-3-4-12(18(14)20-10)7-15(19(27)28)22-17(26)8-16-21-11(2)23-24-16/h3-6,15,25H,7-9H2,1-2H3,(H,22,26)(H,27,28)(H,21,23,24)/t15-/m0/s1. The summed E-state index contributed by atoms with van der Waals surface area (Å²) < 4.78 is 0. The summed E-state index contributed by atoms with van der Waals surface area (Å²) in [6.07, 6.45) is -0.0531. The molecule has 2 heterocycles. The van der Waals surface area contributed by atoms with Crippen LogP contribution >= 0.6 is 0 Å². The van der Waals surface area contributed by atoms with Crippen molar-refractivity contribution in [2.24, 2.45) is 0 Å². The van der Waals surface area contributed by atoms with Crippen LogP contribution in [0.5, 0.6) is 0 Å². The number of rotatable bonds is 7. The van der Waals surface area contributed by atoms with Crippen LogP contribution in [-0.2, 0) is 29.0 Å². The van der Waals surface area contributed by atoms with Crippen LogP contribution in [0.15, 0.2) is 24.3 Å². The number of hydrogen-bond donors (Lipinski definition) is 4. The van der Waals surface area contributed by atoms with Crippen molar-refractivity contribution in [3.63, 3.8) is 0 Å². The number of hydrogen-bond acceptors (Lipinski definition) is 6. The van der Waals surface area contributed by atoms with Crippen molar-refractivity contribution in [1.29, 1.82) is 0 Å². The fourth-order valence-electron chi connectivity index (χ4n) is 3.09. The number of para-hydroxylation sites is 1. The van der Waals surface area contributed by atoms with E-state index >= 15 is 0 Å². The Kier molecular flexibility index (Phi) is 5.65. The molecule has 0 spiro atoms. The van der Waals surface area contributed by atoms with Crippen molar-refractivity contribution in [3.05, 3.63) is 52.7 Å². The number of aromatic amines is 1. The highest BCUT2D eigenvalue weighted by Gasteiger charge is 2.23. The lowest BCUT2D eigenvalue weighted by Gasteiger charge is -2.16. The van der Waals surface area contributed by atoms with Gasteiger partial charge in [-0.15, -0.1) is 0 Å². The Morgan fingerprint density at radius 1 is 1.21 bits per heavy atom. The van der Waals surface area contributed by atoms with Gasteiger partial charge in [-0.05, 0) is 31.0 Å². The van der Waals surface area contributed by atoms with Crippen molar-refractivity contribution >= 4 is 22.8 Å². The Morgan fingerprint density at radius 2 is 2.00 bits per heavy atom. The van der Waals surface area contributed by atoms with Crippen molar-refractivity contribution < 1.29 is 19.8 Å². The molecule has 2 aromatic heterocycles. The third-order valence-corrected chi connectivity index (χ3v) is 4.33. The number of aryl methyl sites for hydroxylation is 2. The molecule has 0 aliphatic heterocycles. The Labute approximate surface area is 160 Å². The third-order valence-electron chi connectivity index (χ3n) is 4.33. The number of fused-ring (bicyclic) bond motifs is 1. The third kappa shape index (κ3) is 4.32. The van der Waals surface area contributed by atoms with Gasteiger partial charge in [-0.25, -0.2) is 9.78 Å². The maximum Gasteiger partial charge on any atom is 0.326 e. The van der Waals surface area contributed by atoms with E-state index in [4.69, 9.17) is 0 Å². The number of nitrogens with zero attached hydrogens (tertiary/aromatic N) is 3. The minimum atomic E-state index is -1.15. The van der Waals surface area contributed by atoms with E-state index < -0.39 is 17.9 Å². The predicted octanol–water partition coefficient (Wildman–Crippen LogP) is 0.817. The normalized spacial score (nSPS) is 12.1. The summed E-state index contributed by atoms with van der Waals surface area (Å²) in [5.41, 5.74) is 2.74. The van der Waals surface area contributed by atoms with Gasteiger partial charge >= 0.3 is 5.97 Å². The largest absolute Gasteiger partial charge is 0.480 e. The van der Waals surface area contributed by atoms with Gasteiger partial charge in [0, 0.05) is 17.5 Å². The molecule has 3 rings (SSSR count). The highest BCUT2D eigenvalue weighted by molar-refractivity contribution is 5.88. The number of carboxylic acids is 1. The number of aromatic nitrogens is 4. The summed E-state index contributed by atoms with van der Waals surface area (Å²) in [4.78, 5) is 32.5. The monoisotopic (exact) mass is 383 g/mol. The first-order valence-electron chi connectivity index (χ1n) is 8.76. The molecule has 9 nitrogen and oxygen atoms in total. The Morgan fingerprint density at radius 3 is 2.64 bits per heavy atom. The van der Waals surface area contributed by atoms with Crippen LogP contribution in [0, 0.1) is 13.8 Å². The molecule has 1 atom stereocenters. The van der Waals surface area contributed by atoms with Crippen LogP contribution in [0.25, 0.3) is 10.9 Å². The summed E-state index contributed by atoms with van der Waals surface area (Å²) in [6.45, 7) is 3.38. The first-order valence-corrected chi connectivity index (χ1v) is 8.76. The highest BCUT2D eigenvalue weighted by Crippen LogP contribution is 2.23. The van der Waals surface area contributed by atoms with E-state index in [0.29, 0.717) is 22.7 Å². The van der Waals surface area contributed by atoms with Gasteiger partial charge in [0.05, 0.1) is 18.5 Å². The van der Waals surface area contributed by atoms with Crippen molar-refractivity contribution in [2.45, 2.75) is 39.3 Å². The number of H-pyrrole nitrogens is 1. The average Bonchev–Trinajstić information content (AvgIpc) is 3.05. The molecule has 0 unspecified atom stereocenters. The predicted molar refractivity (Wildman–Crippen MR) is 100 cm³/mol. The van der Waals surface area contributed by atoms with Crippen molar-refractivity contribution in [3.8, 4) is 0 Å². The second-order valence-electron chi connectivity index (χ2n) is 6.57. The minimum Gasteiger partial charge on any atom is -0.480 e. The Hall–Kier alpha value is -3.33. The maximum atomic E-state index is 12.2. The molecule has 0 fully saturated rings. The molecule has 0 saturated carbocycles. The number of aliphatic hydroxyl groups excluding tert-OH is 1. The van der Waals surface area contributed by atoms with E-state index in [1.807, 2.05) is 13.0 Å². The van der Waals surface area contributed by atoms with Crippen molar-refractivity contribution in [2.75, 3.05) is 0 Å². The van der Waals surface area contributed by atoms with Crippen LogP contribution in [0.2, 0.25) is 0 Å². The quantitative estimate of drug-likeness (QED) is 0.473. The number of carbonyl (C=O) groups excluding carboxylic acids is 1. The first kappa shape index (κ1) is 19.4. The summed E-state index contributed by atoms with van der Waals surface area (Å²) in [5.74, 6) is -0.748. The van der Waals surface area contributed by atoms with Crippen LogP contribution in [0.3, 0.4) is 0 Å². The fraction of sp³-hybridized carbons (Fsp3) is 0.316. The van der Waals surface area contributed by atoms with E-state index in [-0.39, 0.29) is 19.4 Å². The van der Waals surface area contributed by atoms with Gasteiger partial charge < -0.3 is 15.5 Å². The summed E-state index contributed by atoms with van der Waals surface area (Å²) in [6, 6.07) is 6.05. The van der Waals surface area contributed by atoms with Gasteiger partial charge in [0.1, 0.15) is 11.9 Å². The molecule has 28 heavy (non-hydrogen) atoms. The lowest BCUT2D eigenvalue weighted by Crippen LogP contribution is -2.43. The summed E-state index contributed by atoms with van der Waals surface area (Å²) in [5, 5.41) is 29.0. The number of pyridine rings is 1. The fourth-order valence-corrected chi connectivity index (χ4v) is 3.09. The van der Waals surface area contributed by atoms with E-state index in [2.05, 4.69) is 25.5 Å². The zero-order valence-electron chi connectivity index (χ0n) is 15.6. The molecule has 0 bridgehead atoms. The number of benzene rings is 1. The average molecular weight is 383 g/mol. The Bertz CT molecular complexity index is 1030. The SMILES string of the molecule is Cc1cc(CO)c2cccc(C[C@H](NC(=O)Cc3n[nH]c(C)n3)C(=O)O)c2n1. The van der Waals surface area contributed by atoms with E-state index in [9.17, 15) is 19.8 Å². The molecule has 0 saturated heterocycles. The van der Waals surface area contributed by atoms with Crippen molar-refractivity contribution in [1.82, 2.24) is 25.5 Å². The zero-order chi connectivity index (χ0) is 20.3. The second kappa shape index (κ2) is 8.13. The van der Waals surface area contributed by atoms with Gasteiger partial charge in [0.15, 0.2) is 5.82 Å². The molecule has 0 aliphatic rings. The molecule has 1 aromatic carbocycles. The number of nitrogens with one attached hydrogen (secondary N) is 2. The summed E-state index contributed by atoms with van der Waals surface area (Å²) >= 11 is 0. The lowest BCUT2D eigenvalue weighted by molar-refractivity contribution is -0.141. The van der Waals surface area contributed by atoms with Gasteiger partial charge in [-0.3, -0.25) is 14.9 Å². The molecule has 4 N–H and O–H groups in total. The maximum absolute atomic E-state index is 12.2. The first-order chi connectivity index (χ1) is 13.4. The van der Waals surface area contributed by atoms with E-state index in [1.165, 1.54) is 0 Å². The van der Waals surface area contributed by atoms with Crippen LogP contribution < -0.4 is 5.32 Å². The number of carboxylic acid groups (broad SMARTS) is 1. The smallest absolute Gasteiger partial charge is 0.326 e. The molecular weight excluding hydrogens is 362 g/mol. The van der Waals surface area contributed by atoms with Gasteiger partial charge in [0.25, 0.3) is 0 Å². The molecule has 146 valence electrons. The van der Waals surface area contributed by atoms with E-state index in [1.54, 1.807) is 25.1 Å². The topological polar surface area (TPSA) is 141 Å². The number of aliphatic carboxylic acids is 1. The molecule has 0 aliphatic carbocycles. The van der Waals surface area contributed by atoms with Gasteiger partial charge in [-0.2, -0.15) is 5.10 Å². The molecule has 1 amide bonds. The van der Waals surface area contributed by atoms with E-state index in [0.717, 1.165) is 16.6 Å². The number of aliphatic hydroxyl groups is 1. The van der Waals surface area contributed by atoms with Crippen LogP contribution in [-0.4, -0.2) is 48.3 Å². The molecule has 0 radical (unpaired) electrons. The summed E-state index contributed by atoms with van der Waals surface area (Å²) in [7, 11) is 0. The van der Waals surface area contributed by atoms with Crippen LogP contribution in [0.1, 0.15) is 28.5 Å².